The van der Waals surface area contributed by atoms with Crippen LogP contribution < -0.4 is 16.0 Å². The van der Waals surface area contributed by atoms with Crippen LogP contribution in [0.1, 0.15) is 43.9 Å². The second-order valence-corrected chi connectivity index (χ2v) is 14.0. The summed E-state index contributed by atoms with van der Waals surface area (Å²) >= 11 is 1.10. The van der Waals surface area contributed by atoms with Crippen LogP contribution >= 0.6 is 11.3 Å². The van der Waals surface area contributed by atoms with E-state index >= 15 is 0 Å². The van der Waals surface area contributed by atoms with E-state index in [4.69, 9.17) is 28.1 Å². The van der Waals surface area contributed by atoms with Gasteiger partial charge in [0.15, 0.2) is 6.10 Å². The summed E-state index contributed by atoms with van der Waals surface area (Å²) in [6, 6.07) is 7.17. The number of oxazole rings is 1. The van der Waals surface area contributed by atoms with Crippen molar-refractivity contribution in [1.82, 2.24) is 14.1 Å². The van der Waals surface area contributed by atoms with Crippen molar-refractivity contribution < 1.29 is 58.1 Å². The molecule has 3 aromatic heterocycles. The predicted octanol–water partition coefficient (Wildman–Crippen LogP) is 1.30. The van der Waals surface area contributed by atoms with Crippen LogP contribution in [0, 0.1) is 6.92 Å². The minimum Gasteiger partial charge on any atom is -0.496 e. The zero-order chi connectivity index (χ0) is 37.5. The first kappa shape index (κ1) is 37.3. The van der Waals surface area contributed by atoms with Crippen molar-refractivity contribution in [2.24, 2.45) is 0 Å². The highest BCUT2D eigenvalue weighted by atomic mass is 32.1. The molecule has 2 aliphatic heterocycles. The van der Waals surface area contributed by atoms with E-state index in [9.17, 15) is 39.6 Å². The highest BCUT2D eigenvalue weighted by Crippen LogP contribution is 2.38. The zero-order valence-corrected chi connectivity index (χ0v) is 29.5. The summed E-state index contributed by atoms with van der Waals surface area (Å²) in [6.07, 6.45) is -7.29. The smallest absolute Gasteiger partial charge is 0.335 e. The predicted molar refractivity (Wildman–Crippen MR) is 181 cm³/mol. The van der Waals surface area contributed by atoms with E-state index in [-0.39, 0.29) is 28.8 Å². The van der Waals surface area contributed by atoms with E-state index in [1.54, 1.807) is 25.1 Å². The topological polar surface area (TPSA) is 231 Å². The van der Waals surface area contributed by atoms with Gasteiger partial charge in [0.1, 0.15) is 46.8 Å². The number of aliphatic hydroxyl groups excluding tert-OH is 3. The van der Waals surface area contributed by atoms with Gasteiger partial charge >= 0.3 is 17.6 Å². The van der Waals surface area contributed by atoms with E-state index in [1.165, 1.54) is 38.0 Å². The number of aliphatic carboxylic acids is 1. The summed E-state index contributed by atoms with van der Waals surface area (Å²) in [5, 5.41) is 40.4. The number of fused-ring (bicyclic) bond motifs is 1. The van der Waals surface area contributed by atoms with E-state index in [2.05, 4.69) is 4.98 Å². The van der Waals surface area contributed by atoms with Crippen LogP contribution in [0.2, 0.25) is 0 Å². The summed E-state index contributed by atoms with van der Waals surface area (Å²) in [7, 11) is 1.51. The molecule has 17 nitrogen and oxygen atoms in total. The number of para-hydroxylation sites is 1. The van der Waals surface area contributed by atoms with Gasteiger partial charge in [-0.25, -0.2) is 23.9 Å². The molecule has 2 fully saturated rings. The lowest BCUT2D eigenvalue weighted by Crippen LogP contribution is -2.62. The van der Waals surface area contributed by atoms with Crippen molar-refractivity contribution in [3.8, 4) is 16.5 Å². The van der Waals surface area contributed by atoms with Gasteiger partial charge in [-0.2, -0.15) is 0 Å². The van der Waals surface area contributed by atoms with Gasteiger partial charge in [0.05, 0.1) is 36.2 Å². The van der Waals surface area contributed by atoms with E-state index in [0.717, 1.165) is 11.3 Å². The summed E-state index contributed by atoms with van der Waals surface area (Å²) in [6.45, 7) is 4.96. The maximum atomic E-state index is 14.7. The molecule has 4 N–H and O–H groups in total. The number of hydrogen-bond acceptors (Lipinski definition) is 15. The highest BCUT2D eigenvalue weighted by molar-refractivity contribution is 7.22. The molecule has 2 saturated heterocycles. The third-order valence-electron chi connectivity index (χ3n) is 9.29. The van der Waals surface area contributed by atoms with Gasteiger partial charge in [-0.3, -0.25) is 9.36 Å². The molecule has 0 radical (unpaired) electrons. The Morgan fingerprint density at radius 3 is 2.46 bits per heavy atom. The first-order chi connectivity index (χ1) is 24.8. The molecule has 52 heavy (non-hydrogen) atoms. The Balaban J connectivity index is 1.49. The van der Waals surface area contributed by atoms with Crippen molar-refractivity contribution in [3.63, 3.8) is 0 Å². The van der Waals surface area contributed by atoms with Gasteiger partial charge in [0.2, 0.25) is 12.2 Å². The molecule has 0 amide bonds. The molecule has 0 aliphatic carbocycles. The molecule has 2 aliphatic rings. The Bertz CT molecular complexity index is 2050. The van der Waals surface area contributed by atoms with Crippen LogP contribution in [0.4, 0.5) is 0 Å². The second kappa shape index (κ2) is 14.9. The minimum atomic E-state index is -2.12. The van der Waals surface area contributed by atoms with Crippen molar-refractivity contribution in [2.75, 3.05) is 20.3 Å². The lowest BCUT2D eigenvalue weighted by atomic mass is 9.98. The molecule has 4 aromatic rings. The van der Waals surface area contributed by atoms with Crippen LogP contribution in [0.3, 0.4) is 0 Å². The number of thiophene rings is 1. The molecule has 5 heterocycles. The number of nitrogens with zero attached hydrogens (tertiary/aromatic N) is 3. The maximum Gasteiger partial charge on any atom is 0.335 e. The van der Waals surface area contributed by atoms with Crippen LogP contribution in [-0.4, -0.2) is 104 Å². The van der Waals surface area contributed by atoms with Crippen LogP contribution in [0.15, 0.2) is 50.7 Å². The quantitative estimate of drug-likeness (QED) is 0.159. The average molecular weight is 746 g/mol. The zero-order valence-electron chi connectivity index (χ0n) is 28.7. The molecule has 280 valence electrons. The number of benzene rings is 1. The molecular formula is C34H39N3O14S. The number of methoxy groups -OCH3 is 1. The Labute approximate surface area is 299 Å². The molecule has 6 atom stereocenters. The van der Waals surface area contributed by atoms with Gasteiger partial charge in [-0.15, -0.1) is 11.3 Å². The number of carboxylic acids is 1. The van der Waals surface area contributed by atoms with Crippen molar-refractivity contribution in [3.05, 3.63) is 68.7 Å². The summed E-state index contributed by atoms with van der Waals surface area (Å²) in [5.74, 6) is -2.26. The monoisotopic (exact) mass is 745 g/mol. The van der Waals surface area contributed by atoms with Crippen molar-refractivity contribution in [2.45, 2.75) is 88.6 Å². The molecule has 0 bridgehead atoms. The first-order valence-electron chi connectivity index (χ1n) is 16.4. The van der Waals surface area contributed by atoms with Crippen LogP contribution in [-0.2, 0) is 40.6 Å². The Morgan fingerprint density at radius 1 is 1.10 bits per heavy atom. The molecule has 0 saturated carbocycles. The number of carbonyl (C=O) groups excluding carboxylic acids is 1. The van der Waals surface area contributed by atoms with E-state index in [1.807, 2.05) is 6.07 Å². The van der Waals surface area contributed by atoms with E-state index < -0.39 is 65.5 Å². The van der Waals surface area contributed by atoms with Gasteiger partial charge in [0, 0.05) is 18.8 Å². The first-order valence-corrected chi connectivity index (χ1v) is 17.3. The fraction of sp³-hybridized carbons (Fsp3) is 0.500. The SMILES string of the molecule is COc1ccccc1[C@H](Cn1c(=O)n(C(C)(C)C(=O)OC2OC(C(=O)O)C(O)C(O)C2O)c(=O)c2c(C)c(-c3ncco3)sc21)OC1CCOCC1. The Hall–Kier alpha value is -4.43. The molecule has 18 heteroatoms. The number of ether oxygens (including phenoxy) is 5. The number of esters is 1. The van der Waals surface area contributed by atoms with Crippen molar-refractivity contribution in [1.29, 1.82) is 0 Å². The van der Waals surface area contributed by atoms with Crippen molar-refractivity contribution >= 4 is 33.5 Å². The Kier molecular flexibility index (Phi) is 10.7. The third kappa shape index (κ3) is 6.78. The number of hydrogen-bond donors (Lipinski definition) is 4. The molecule has 6 rings (SSSR count). The van der Waals surface area contributed by atoms with Crippen LogP contribution in [0.25, 0.3) is 21.0 Å². The second-order valence-electron chi connectivity index (χ2n) is 13.0. The fourth-order valence-corrected chi connectivity index (χ4v) is 7.63. The molecular weight excluding hydrogens is 706 g/mol. The lowest BCUT2D eigenvalue weighted by molar-refractivity contribution is -0.288. The minimum absolute atomic E-state index is 0.0851. The number of aromatic nitrogens is 3. The normalized spacial score (nSPS) is 23.4. The standard InChI is InChI=1S/C34H39N3O14S/c1-16-21-28(41)37(34(2,3)32(44)51-31-24(40)22(38)23(39)25(50-31)30(42)43)33(45)36(29(21)52-26(16)27-35-11-14-48-27)15-20(49-17-9-12-47-13-10-17)18-7-5-6-8-19(18)46-4/h5-8,11,14,17,20,22-25,31,38-40H,9-10,12-13,15H2,1-4H3,(H,42,43)/t20-,22?,23?,24?,25?,31?/m0/s1. The van der Waals surface area contributed by atoms with Crippen LogP contribution in [0.5, 0.6) is 5.75 Å². The third-order valence-corrected chi connectivity index (χ3v) is 10.6. The van der Waals surface area contributed by atoms with Gasteiger partial charge < -0.3 is 48.5 Å². The lowest BCUT2D eigenvalue weighted by Gasteiger charge is -2.39. The summed E-state index contributed by atoms with van der Waals surface area (Å²) in [4.78, 5) is 59.6. The average Bonchev–Trinajstić information content (AvgIpc) is 3.78. The Morgan fingerprint density at radius 2 is 1.81 bits per heavy atom. The van der Waals surface area contributed by atoms with Gasteiger partial charge in [-0.1, -0.05) is 18.2 Å². The summed E-state index contributed by atoms with van der Waals surface area (Å²) in [5.41, 5.74) is -2.84. The van der Waals surface area contributed by atoms with Gasteiger partial charge in [0.25, 0.3) is 5.56 Å². The molecule has 1 aromatic carbocycles. The number of carbonyl (C=O) groups is 2. The highest BCUT2D eigenvalue weighted by Gasteiger charge is 2.50. The fourth-order valence-electron chi connectivity index (χ4n) is 6.39. The molecule has 0 spiro atoms. The maximum absolute atomic E-state index is 14.7. The number of aliphatic hydroxyl groups is 3. The number of rotatable bonds is 11. The largest absolute Gasteiger partial charge is 0.496 e. The summed E-state index contributed by atoms with van der Waals surface area (Å²) < 4.78 is 35.9. The van der Waals surface area contributed by atoms with E-state index in [0.29, 0.717) is 52.4 Å². The number of aryl methyl sites for hydroxylation is 1. The van der Waals surface area contributed by atoms with Gasteiger partial charge in [-0.05, 0) is 45.2 Å². The molecule has 5 unspecified atom stereocenters. The number of carboxylic acid groups (broad SMARTS) is 1.